The number of aromatic nitrogens is 1. The number of anilines is 1. The Kier molecular flexibility index (Phi) is 6.59. The van der Waals surface area contributed by atoms with Crippen molar-refractivity contribution in [2.75, 3.05) is 5.32 Å². The van der Waals surface area contributed by atoms with Crippen molar-refractivity contribution in [2.45, 2.75) is 71.8 Å². The predicted octanol–water partition coefficient (Wildman–Crippen LogP) is 2.74. The Morgan fingerprint density at radius 3 is 2.30 bits per heavy atom. The molecule has 1 aromatic carbocycles. The lowest BCUT2D eigenvalue weighted by Gasteiger charge is -2.32. The van der Waals surface area contributed by atoms with Gasteiger partial charge >= 0.3 is 13.1 Å². The van der Waals surface area contributed by atoms with Crippen LogP contribution in [0.1, 0.15) is 58.8 Å². The summed E-state index contributed by atoms with van der Waals surface area (Å²) in [6.45, 7) is 12.9. The van der Waals surface area contributed by atoms with Gasteiger partial charge in [0.05, 0.1) is 16.9 Å². The van der Waals surface area contributed by atoms with E-state index in [-0.39, 0.29) is 18.0 Å². The van der Waals surface area contributed by atoms with E-state index in [1.165, 1.54) is 22.9 Å². The number of carbonyl (C=O) groups is 2. The summed E-state index contributed by atoms with van der Waals surface area (Å²) in [5.41, 5.74) is -0.487. The fourth-order valence-corrected chi connectivity index (χ4v) is 3.25. The van der Waals surface area contributed by atoms with Gasteiger partial charge in [-0.1, -0.05) is 12.1 Å². The molecule has 0 atom stereocenters. The van der Waals surface area contributed by atoms with E-state index in [9.17, 15) is 14.4 Å². The van der Waals surface area contributed by atoms with E-state index in [0.29, 0.717) is 11.3 Å². The Balaban J connectivity index is 1.74. The van der Waals surface area contributed by atoms with Crippen LogP contribution in [0, 0.1) is 0 Å². The SMILES string of the molecule is CC(C)(C)OC(=O)Cn1cc(NC(=O)c2cccc(B3OC(C)(C)C(C)(C)O3)c2)ccc1=O. The molecule has 8 nitrogen and oxygen atoms in total. The average molecular weight is 454 g/mol. The molecule has 0 unspecified atom stereocenters. The lowest BCUT2D eigenvalue weighted by Crippen LogP contribution is -2.41. The highest BCUT2D eigenvalue weighted by molar-refractivity contribution is 6.62. The Hall–Kier alpha value is -2.91. The normalized spacial score (nSPS) is 17.0. The van der Waals surface area contributed by atoms with E-state index in [1.54, 1.807) is 39.0 Å². The number of amides is 1. The summed E-state index contributed by atoms with van der Waals surface area (Å²) in [6.07, 6.45) is 1.42. The van der Waals surface area contributed by atoms with Gasteiger partial charge in [-0.3, -0.25) is 14.4 Å². The van der Waals surface area contributed by atoms with Crippen molar-refractivity contribution in [3.8, 4) is 0 Å². The van der Waals surface area contributed by atoms with Crippen LogP contribution >= 0.6 is 0 Å². The summed E-state index contributed by atoms with van der Waals surface area (Å²) < 4.78 is 18.6. The molecule has 3 rings (SSSR count). The Morgan fingerprint density at radius 1 is 1.06 bits per heavy atom. The maximum atomic E-state index is 12.9. The standard InChI is InChI=1S/C24H31BN2O6/c1-22(2,3)31-20(29)15-27-14-18(11-12-19(27)28)26-21(30)16-9-8-10-17(13-16)25-32-23(4,5)24(6,7)33-25/h8-14H,15H2,1-7H3,(H,26,30). The first-order valence-electron chi connectivity index (χ1n) is 10.9. The summed E-state index contributed by atoms with van der Waals surface area (Å²) in [7, 11) is -0.585. The summed E-state index contributed by atoms with van der Waals surface area (Å²) in [4.78, 5) is 37.1. The smallest absolute Gasteiger partial charge is 0.459 e. The van der Waals surface area contributed by atoms with E-state index >= 15 is 0 Å². The van der Waals surface area contributed by atoms with E-state index in [2.05, 4.69) is 5.32 Å². The van der Waals surface area contributed by atoms with Crippen LogP contribution in [0.2, 0.25) is 0 Å². The lowest BCUT2D eigenvalue weighted by atomic mass is 9.78. The number of pyridine rings is 1. The molecule has 0 spiro atoms. The zero-order valence-corrected chi connectivity index (χ0v) is 20.2. The van der Waals surface area contributed by atoms with Crippen LogP contribution in [-0.4, -0.2) is 40.4 Å². The van der Waals surface area contributed by atoms with Gasteiger partial charge in [-0.25, -0.2) is 0 Å². The third-order valence-corrected chi connectivity index (χ3v) is 5.64. The Bertz CT molecular complexity index is 1100. The first-order valence-corrected chi connectivity index (χ1v) is 10.9. The number of nitrogens with zero attached hydrogens (tertiary/aromatic N) is 1. The zero-order chi connectivity index (χ0) is 24.6. The molecule has 1 fully saturated rings. The number of esters is 1. The molecular formula is C24H31BN2O6. The summed E-state index contributed by atoms with van der Waals surface area (Å²) in [6, 6.07) is 9.79. The second-order valence-corrected chi connectivity index (χ2v) is 10.1. The van der Waals surface area contributed by atoms with Gasteiger partial charge in [0, 0.05) is 17.8 Å². The van der Waals surface area contributed by atoms with Crippen LogP contribution in [0.25, 0.3) is 0 Å². The minimum absolute atomic E-state index is 0.253. The van der Waals surface area contributed by atoms with Crippen molar-refractivity contribution in [3.63, 3.8) is 0 Å². The van der Waals surface area contributed by atoms with E-state index in [0.717, 1.165) is 5.46 Å². The van der Waals surface area contributed by atoms with E-state index in [4.69, 9.17) is 14.0 Å². The number of nitrogens with one attached hydrogen (secondary N) is 1. The van der Waals surface area contributed by atoms with Crippen molar-refractivity contribution in [1.82, 2.24) is 4.57 Å². The molecule has 0 saturated carbocycles. The topological polar surface area (TPSA) is 95.9 Å². The lowest BCUT2D eigenvalue weighted by molar-refractivity contribution is -0.155. The van der Waals surface area contributed by atoms with Crippen molar-refractivity contribution in [2.24, 2.45) is 0 Å². The average Bonchev–Trinajstić information content (AvgIpc) is 2.90. The van der Waals surface area contributed by atoms with Crippen LogP contribution in [0.15, 0.2) is 47.4 Å². The minimum atomic E-state index is -0.658. The quantitative estimate of drug-likeness (QED) is 0.552. The molecule has 9 heteroatoms. The maximum Gasteiger partial charge on any atom is 0.494 e. The molecule has 1 aliphatic heterocycles. The summed E-state index contributed by atoms with van der Waals surface area (Å²) in [5, 5.41) is 2.77. The molecule has 1 amide bonds. The highest BCUT2D eigenvalue weighted by Crippen LogP contribution is 2.36. The highest BCUT2D eigenvalue weighted by Gasteiger charge is 2.51. The zero-order valence-electron chi connectivity index (χ0n) is 20.2. The number of hydrogen-bond acceptors (Lipinski definition) is 6. The third kappa shape index (κ3) is 5.91. The molecule has 0 bridgehead atoms. The van der Waals surface area contributed by atoms with Crippen LogP contribution in [0.5, 0.6) is 0 Å². The number of hydrogen-bond donors (Lipinski definition) is 1. The van der Waals surface area contributed by atoms with Crippen LogP contribution in [0.3, 0.4) is 0 Å². The fourth-order valence-electron chi connectivity index (χ4n) is 3.25. The molecule has 33 heavy (non-hydrogen) atoms. The number of ether oxygens (including phenoxy) is 1. The largest absolute Gasteiger partial charge is 0.494 e. The van der Waals surface area contributed by atoms with Gasteiger partial charge in [0.2, 0.25) is 0 Å². The second-order valence-electron chi connectivity index (χ2n) is 10.1. The van der Waals surface area contributed by atoms with Crippen LogP contribution < -0.4 is 16.3 Å². The molecule has 0 aliphatic carbocycles. The van der Waals surface area contributed by atoms with Gasteiger partial charge in [0.1, 0.15) is 12.1 Å². The molecule has 176 valence electrons. The van der Waals surface area contributed by atoms with Crippen molar-refractivity contribution < 1.29 is 23.6 Å². The van der Waals surface area contributed by atoms with Gasteiger partial charge in [-0.2, -0.15) is 0 Å². The molecule has 2 heterocycles. The predicted molar refractivity (Wildman–Crippen MR) is 127 cm³/mol. The van der Waals surface area contributed by atoms with Gasteiger partial charge in [0.25, 0.3) is 11.5 Å². The van der Waals surface area contributed by atoms with Crippen LogP contribution in [0.4, 0.5) is 5.69 Å². The first-order chi connectivity index (χ1) is 15.2. The number of benzene rings is 1. The molecule has 2 aromatic rings. The summed E-state index contributed by atoms with van der Waals surface area (Å²) >= 11 is 0. The van der Waals surface area contributed by atoms with Crippen molar-refractivity contribution in [3.05, 3.63) is 58.5 Å². The first kappa shape index (κ1) is 24.7. The molecule has 1 aliphatic rings. The van der Waals surface area contributed by atoms with Gasteiger partial charge < -0.3 is 23.9 Å². The fraction of sp³-hybridized carbons (Fsp3) is 0.458. The van der Waals surface area contributed by atoms with Crippen molar-refractivity contribution >= 4 is 30.1 Å². The second kappa shape index (κ2) is 8.80. The monoisotopic (exact) mass is 454 g/mol. The van der Waals surface area contributed by atoms with E-state index in [1.807, 2.05) is 33.8 Å². The molecule has 0 radical (unpaired) electrons. The van der Waals surface area contributed by atoms with Gasteiger partial charge in [-0.15, -0.1) is 0 Å². The van der Waals surface area contributed by atoms with E-state index < -0.39 is 29.9 Å². The minimum Gasteiger partial charge on any atom is -0.459 e. The molecule has 1 N–H and O–H groups in total. The van der Waals surface area contributed by atoms with Gasteiger partial charge in [-0.05, 0) is 72.1 Å². The third-order valence-electron chi connectivity index (χ3n) is 5.64. The van der Waals surface area contributed by atoms with Crippen molar-refractivity contribution in [1.29, 1.82) is 0 Å². The number of carbonyl (C=O) groups excluding carboxylic acids is 2. The van der Waals surface area contributed by atoms with Gasteiger partial charge in [0.15, 0.2) is 0 Å². The molecular weight excluding hydrogens is 423 g/mol. The summed E-state index contributed by atoms with van der Waals surface area (Å²) in [5.74, 6) is -0.904. The molecule has 1 aromatic heterocycles. The number of rotatable bonds is 5. The Labute approximate surface area is 194 Å². The maximum absolute atomic E-state index is 12.9. The highest BCUT2D eigenvalue weighted by atomic mass is 16.7. The Morgan fingerprint density at radius 2 is 1.70 bits per heavy atom. The molecule has 1 saturated heterocycles. The van der Waals surface area contributed by atoms with Crippen LogP contribution in [-0.2, 0) is 25.4 Å².